The molecule has 0 unspecified atom stereocenters. The molecule has 0 saturated heterocycles. The third-order valence-electron chi connectivity index (χ3n) is 7.01. The highest BCUT2D eigenvalue weighted by Crippen LogP contribution is 2.44. The van der Waals surface area contributed by atoms with Crippen molar-refractivity contribution < 1.29 is 25.2 Å². The molecule has 5 nitrogen and oxygen atoms in total. The molecule has 0 spiro atoms. The molecule has 2 saturated carbocycles. The zero-order chi connectivity index (χ0) is 22.0. The zero-order valence-corrected chi connectivity index (χ0v) is 18.2. The van der Waals surface area contributed by atoms with Crippen LogP contribution in [0, 0.1) is 5.92 Å². The van der Waals surface area contributed by atoms with Crippen molar-refractivity contribution in [3.05, 3.63) is 70.3 Å². The van der Waals surface area contributed by atoms with Crippen LogP contribution in [0.25, 0.3) is 0 Å². The molecule has 0 amide bonds. The van der Waals surface area contributed by atoms with Crippen molar-refractivity contribution in [3.8, 4) is 0 Å². The topological polar surface area (TPSA) is 90.2 Å². The minimum absolute atomic E-state index is 0.204. The van der Waals surface area contributed by atoms with Gasteiger partial charge < -0.3 is 25.2 Å². The van der Waals surface area contributed by atoms with Crippen LogP contribution in [0.5, 0.6) is 0 Å². The molecule has 0 aliphatic heterocycles. The van der Waals surface area contributed by atoms with Gasteiger partial charge in [-0.15, -0.1) is 0 Å². The van der Waals surface area contributed by atoms with Gasteiger partial charge in [0, 0.05) is 25.6 Å². The van der Waals surface area contributed by atoms with Gasteiger partial charge in [0.25, 0.3) is 0 Å². The molecule has 0 aromatic heterocycles. The molecule has 2 aliphatic carbocycles. The Morgan fingerprint density at radius 2 is 1.61 bits per heavy atom. The van der Waals surface area contributed by atoms with Crippen LogP contribution in [0.3, 0.4) is 0 Å². The van der Waals surface area contributed by atoms with Crippen LogP contribution >= 0.6 is 0 Å². The number of rotatable bonds is 8. The van der Waals surface area contributed by atoms with Gasteiger partial charge in [0.2, 0.25) is 0 Å². The standard InChI is InChI=1S/C26H34O5/c1-31-11-10-16-2-4-17(5-3-16)12-20-13-19(8-9-22(20)18-6-7-18)23-14-21(15-27)24(28)26(30)25(23)29/h2-5,8-9,13,18,21,23-30H,6-7,10-12,14-15H2,1H3/t21-,23+,24-,25+,26+/m1/s1. The second kappa shape index (κ2) is 9.80. The minimum Gasteiger partial charge on any atom is -0.396 e. The third kappa shape index (κ3) is 5.02. The van der Waals surface area contributed by atoms with Crippen LogP contribution in [0.1, 0.15) is 58.9 Å². The number of ether oxygens (including phenoxy) is 1. The Kier molecular flexibility index (Phi) is 7.09. The first kappa shape index (κ1) is 22.4. The number of aliphatic hydroxyl groups is 4. The van der Waals surface area contributed by atoms with Crippen molar-refractivity contribution in [1.29, 1.82) is 0 Å². The Bertz CT molecular complexity index is 859. The van der Waals surface area contributed by atoms with Gasteiger partial charge >= 0.3 is 0 Å². The van der Waals surface area contributed by atoms with E-state index in [0.29, 0.717) is 18.9 Å². The maximum atomic E-state index is 10.6. The van der Waals surface area contributed by atoms with Gasteiger partial charge in [-0.2, -0.15) is 0 Å². The molecule has 2 aromatic carbocycles. The first-order valence-electron chi connectivity index (χ1n) is 11.4. The fraction of sp³-hybridized carbons (Fsp3) is 0.538. The van der Waals surface area contributed by atoms with E-state index in [-0.39, 0.29) is 12.5 Å². The largest absolute Gasteiger partial charge is 0.396 e. The Morgan fingerprint density at radius 1 is 0.903 bits per heavy atom. The summed E-state index contributed by atoms with van der Waals surface area (Å²) in [5.74, 6) is -0.132. The van der Waals surface area contributed by atoms with Crippen molar-refractivity contribution in [2.24, 2.45) is 5.92 Å². The average molecular weight is 427 g/mol. The molecule has 0 heterocycles. The van der Waals surface area contributed by atoms with Crippen molar-refractivity contribution >= 4 is 0 Å². The lowest BCUT2D eigenvalue weighted by Gasteiger charge is -2.40. The van der Waals surface area contributed by atoms with Crippen LogP contribution in [0.15, 0.2) is 42.5 Å². The van der Waals surface area contributed by atoms with E-state index in [2.05, 4.69) is 42.5 Å². The lowest BCUT2D eigenvalue weighted by atomic mass is 9.72. The smallest absolute Gasteiger partial charge is 0.107 e. The molecule has 5 heteroatoms. The summed E-state index contributed by atoms with van der Waals surface area (Å²) in [6.45, 7) is 0.510. The fourth-order valence-corrected chi connectivity index (χ4v) is 4.91. The number of benzene rings is 2. The van der Waals surface area contributed by atoms with Gasteiger partial charge in [0.15, 0.2) is 0 Å². The molecule has 4 rings (SSSR count). The molecule has 0 bridgehead atoms. The van der Waals surface area contributed by atoms with Crippen LogP contribution in [-0.4, -0.2) is 59.1 Å². The lowest BCUT2D eigenvalue weighted by Crippen LogP contribution is -2.51. The number of hydrogen-bond donors (Lipinski definition) is 4. The number of methoxy groups -OCH3 is 1. The van der Waals surface area contributed by atoms with Crippen molar-refractivity contribution in [2.45, 2.75) is 62.3 Å². The maximum Gasteiger partial charge on any atom is 0.107 e. The number of aliphatic hydroxyl groups excluding tert-OH is 4. The predicted octanol–water partition coefficient (Wildman–Crippen LogP) is 2.52. The third-order valence-corrected chi connectivity index (χ3v) is 7.01. The van der Waals surface area contributed by atoms with E-state index in [1.54, 1.807) is 7.11 Å². The van der Waals surface area contributed by atoms with E-state index in [1.807, 2.05) is 0 Å². The van der Waals surface area contributed by atoms with E-state index < -0.39 is 24.2 Å². The van der Waals surface area contributed by atoms with E-state index in [4.69, 9.17) is 4.74 Å². The normalized spacial score (nSPS) is 28.6. The summed E-state index contributed by atoms with van der Waals surface area (Å²) in [7, 11) is 1.71. The van der Waals surface area contributed by atoms with E-state index in [1.165, 1.54) is 35.1 Å². The van der Waals surface area contributed by atoms with Gasteiger partial charge in [-0.25, -0.2) is 0 Å². The highest BCUT2D eigenvalue weighted by molar-refractivity contribution is 5.42. The molecule has 4 N–H and O–H groups in total. The molecular formula is C26H34O5. The summed E-state index contributed by atoms with van der Waals surface area (Å²) < 4.78 is 5.16. The lowest BCUT2D eigenvalue weighted by molar-refractivity contribution is -0.127. The van der Waals surface area contributed by atoms with Gasteiger partial charge in [-0.1, -0.05) is 42.5 Å². The SMILES string of the molecule is COCCc1ccc(Cc2cc([C@@H]3C[C@H](CO)[C@@H](O)[C@H](O)[C@H]3O)ccc2C2CC2)cc1. The monoisotopic (exact) mass is 426 g/mol. The second-order valence-electron chi connectivity index (χ2n) is 9.23. The van der Waals surface area contributed by atoms with E-state index in [0.717, 1.165) is 18.4 Å². The number of hydrogen-bond acceptors (Lipinski definition) is 5. The van der Waals surface area contributed by atoms with Crippen LogP contribution in [-0.2, 0) is 17.6 Å². The van der Waals surface area contributed by atoms with Gasteiger partial charge in [0.05, 0.1) is 18.8 Å². The first-order valence-corrected chi connectivity index (χ1v) is 11.4. The molecule has 2 fully saturated rings. The highest BCUT2D eigenvalue weighted by Gasteiger charge is 2.43. The average Bonchev–Trinajstić information content (AvgIpc) is 3.63. The Labute approximate surface area is 184 Å². The predicted molar refractivity (Wildman–Crippen MR) is 119 cm³/mol. The Balaban J connectivity index is 1.58. The Hall–Kier alpha value is -1.76. The van der Waals surface area contributed by atoms with Gasteiger partial charge in [-0.05, 0) is 65.8 Å². The molecular weight excluding hydrogens is 392 g/mol. The fourth-order valence-electron chi connectivity index (χ4n) is 4.91. The maximum absolute atomic E-state index is 10.6. The van der Waals surface area contributed by atoms with Crippen LogP contribution < -0.4 is 0 Å². The van der Waals surface area contributed by atoms with Crippen LogP contribution in [0.2, 0.25) is 0 Å². The minimum atomic E-state index is -1.25. The summed E-state index contributed by atoms with van der Waals surface area (Å²) in [5, 5.41) is 40.7. The molecule has 5 atom stereocenters. The molecule has 31 heavy (non-hydrogen) atoms. The van der Waals surface area contributed by atoms with E-state index in [9.17, 15) is 20.4 Å². The quantitative estimate of drug-likeness (QED) is 0.521. The van der Waals surface area contributed by atoms with Gasteiger partial charge in [-0.3, -0.25) is 0 Å². The molecule has 168 valence electrons. The summed E-state index contributed by atoms with van der Waals surface area (Å²) in [4.78, 5) is 0. The van der Waals surface area contributed by atoms with Crippen LogP contribution in [0.4, 0.5) is 0 Å². The summed E-state index contributed by atoms with van der Waals surface area (Å²) in [5.41, 5.74) is 6.10. The summed E-state index contributed by atoms with van der Waals surface area (Å²) in [6.07, 6.45) is 1.21. The van der Waals surface area contributed by atoms with Crippen molar-refractivity contribution in [2.75, 3.05) is 20.3 Å². The summed E-state index contributed by atoms with van der Waals surface area (Å²) in [6, 6.07) is 15.1. The zero-order valence-electron chi connectivity index (χ0n) is 18.2. The first-order chi connectivity index (χ1) is 15.0. The Morgan fingerprint density at radius 3 is 2.26 bits per heavy atom. The summed E-state index contributed by atoms with van der Waals surface area (Å²) >= 11 is 0. The molecule has 2 aromatic rings. The highest BCUT2D eigenvalue weighted by atomic mass is 16.5. The second-order valence-corrected chi connectivity index (χ2v) is 9.23. The van der Waals surface area contributed by atoms with Crippen molar-refractivity contribution in [1.82, 2.24) is 0 Å². The molecule has 0 radical (unpaired) electrons. The van der Waals surface area contributed by atoms with E-state index >= 15 is 0 Å². The van der Waals surface area contributed by atoms with Crippen molar-refractivity contribution in [3.63, 3.8) is 0 Å². The molecule has 2 aliphatic rings. The van der Waals surface area contributed by atoms with Gasteiger partial charge in [0.1, 0.15) is 6.10 Å².